The fourth-order valence-electron chi connectivity index (χ4n) is 2.79. The first-order valence-electron chi connectivity index (χ1n) is 8.18. The van der Waals surface area contributed by atoms with E-state index in [1.807, 2.05) is 42.7 Å². The Balaban J connectivity index is 1.98. The van der Waals surface area contributed by atoms with Gasteiger partial charge in [0.2, 0.25) is 0 Å². The summed E-state index contributed by atoms with van der Waals surface area (Å²) in [6.07, 6.45) is 1.58. The number of carbonyl (C=O) groups is 2. The first-order chi connectivity index (χ1) is 12.0. The molecule has 3 aromatic rings. The van der Waals surface area contributed by atoms with Crippen LogP contribution < -0.4 is 5.32 Å². The van der Waals surface area contributed by atoms with Crippen molar-refractivity contribution in [3.63, 3.8) is 0 Å². The second-order valence-electron chi connectivity index (χ2n) is 6.03. The molecule has 1 aromatic carbocycles. The zero-order valence-corrected chi connectivity index (χ0v) is 14.4. The molecule has 1 amide bonds. The Bertz CT molecular complexity index is 918. The number of nitrogens with zero attached hydrogens (tertiary/aromatic N) is 3. The lowest BCUT2D eigenvalue weighted by Crippen LogP contribution is -2.30. The Labute approximate surface area is 145 Å². The van der Waals surface area contributed by atoms with Gasteiger partial charge in [0.1, 0.15) is 11.5 Å². The Morgan fingerprint density at radius 3 is 2.48 bits per heavy atom. The third-order valence-electron chi connectivity index (χ3n) is 4.23. The molecular weight excluding hydrogens is 316 g/mol. The van der Waals surface area contributed by atoms with Crippen LogP contribution in [0.4, 0.5) is 0 Å². The van der Waals surface area contributed by atoms with Crippen molar-refractivity contribution in [2.24, 2.45) is 0 Å². The van der Waals surface area contributed by atoms with E-state index in [4.69, 9.17) is 0 Å². The highest BCUT2D eigenvalue weighted by atomic mass is 16.2. The first-order valence-corrected chi connectivity index (χ1v) is 8.18. The monoisotopic (exact) mass is 336 g/mol. The van der Waals surface area contributed by atoms with Gasteiger partial charge in [-0.2, -0.15) is 0 Å². The molecule has 0 saturated heterocycles. The molecule has 1 N–H and O–H groups in total. The van der Waals surface area contributed by atoms with E-state index in [0.717, 1.165) is 11.0 Å². The number of imidazole rings is 1. The van der Waals surface area contributed by atoms with Gasteiger partial charge in [-0.1, -0.05) is 18.2 Å². The minimum Gasteiger partial charge on any atom is -0.341 e. The van der Waals surface area contributed by atoms with Crippen molar-refractivity contribution >= 4 is 22.7 Å². The zero-order chi connectivity index (χ0) is 18.0. The van der Waals surface area contributed by atoms with Crippen LogP contribution in [0.15, 0.2) is 48.7 Å². The van der Waals surface area contributed by atoms with Gasteiger partial charge in [-0.05, 0) is 45.0 Å². The summed E-state index contributed by atoms with van der Waals surface area (Å²) >= 11 is 0. The van der Waals surface area contributed by atoms with Gasteiger partial charge in [0.05, 0.1) is 23.1 Å². The molecule has 128 valence electrons. The molecule has 0 aliphatic heterocycles. The highest BCUT2D eigenvalue weighted by molar-refractivity contribution is 5.92. The van der Waals surface area contributed by atoms with Crippen LogP contribution in [0.2, 0.25) is 0 Å². The molecular formula is C19H20N4O2. The van der Waals surface area contributed by atoms with Crippen molar-refractivity contribution in [3.05, 3.63) is 60.2 Å². The number of amides is 1. The molecule has 0 radical (unpaired) electrons. The number of rotatable bonds is 5. The molecule has 2 heterocycles. The lowest BCUT2D eigenvalue weighted by molar-refractivity contribution is -0.119. The topological polar surface area (TPSA) is 76.9 Å². The van der Waals surface area contributed by atoms with Crippen molar-refractivity contribution in [2.45, 2.75) is 32.9 Å². The molecule has 0 saturated carbocycles. The van der Waals surface area contributed by atoms with Gasteiger partial charge < -0.3 is 9.88 Å². The zero-order valence-electron chi connectivity index (χ0n) is 14.4. The number of benzene rings is 1. The van der Waals surface area contributed by atoms with E-state index in [9.17, 15) is 9.59 Å². The van der Waals surface area contributed by atoms with Gasteiger partial charge in [0.15, 0.2) is 5.78 Å². The average Bonchev–Trinajstić information content (AvgIpc) is 3.01. The van der Waals surface area contributed by atoms with Gasteiger partial charge in [0.25, 0.3) is 5.91 Å². The number of fused-ring (bicyclic) bond motifs is 1. The van der Waals surface area contributed by atoms with Crippen LogP contribution in [0.5, 0.6) is 0 Å². The number of hydrogen-bond donors (Lipinski definition) is 1. The van der Waals surface area contributed by atoms with E-state index >= 15 is 0 Å². The summed E-state index contributed by atoms with van der Waals surface area (Å²) < 4.78 is 1.89. The predicted octanol–water partition coefficient (Wildman–Crippen LogP) is 3.07. The summed E-state index contributed by atoms with van der Waals surface area (Å²) in [5, 5.41) is 2.91. The smallest absolute Gasteiger partial charge is 0.270 e. The minimum atomic E-state index is -0.372. The summed E-state index contributed by atoms with van der Waals surface area (Å²) in [4.78, 5) is 33.0. The maximum atomic E-state index is 12.4. The lowest BCUT2D eigenvalue weighted by atomic mass is 10.2. The summed E-state index contributed by atoms with van der Waals surface area (Å²) in [6, 6.07) is 12.1. The van der Waals surface area contributed by atoms with E-state index in [0.29, 0.717) is 11.5 Å². The molecule has 0 aliphatic rings. The number of aromatic nitrogens is 3. The minimum absolute atomic E-state index is 0.0349. The van der Waals surface area contributed by atoms with Gasteiger partial charge >= 0.3 is 0 Å². The molecule has 25 heavy (non-hydrogen) atoms. The van der Waals surface area contributed by atoms with Crippen molar-refractivity contribution in [3.8, 4) is 0 Å². The predicted molar refractivity (Wildman–Crippen MR) is 95.2 cm³/mol. The molecule has 6 nitrogen and oxygen atoms in total. The number of para-hydroxylation sites is 2. The third kappa shape index (κ3) is 3.28. The average molecular weight is 336 g/mol. The van der Waals surface area contributed by atoms with Crippen LogP contribution in [0.1, 0.15) is 49.2 Å². The number of Topliss-reactive ketones (excluding diaryl/α,β-unsaturated/α-hetero) is 1. The molecule has 2 atom stereocenters. The standard InChI is InChI=1S/C19H20N4O2/c1-12(21-19(25)16-9-6-7-11-20-16)18-22-15-8-4-5-10-17(15)23(18)13(2)14(3)24/h4-13H,1-3H3,(H,21,25). The second kappa shape index (κ2) is 6.84. The lowest BCUT2D eigenvalue weighted by Gasteiger charge is -2.19. The number of hydrogen-bond acceptors (Lipinski definition) is 4. The van der Waals surface area contributed by atoms with Crippen LogP contribution >= 0.6 is 0 Å². The van der Waals surface area contributed by atoms with Crippen LogP contribution in [-0.2, 0) is 4.79 Å². The van der Waals surface area contributed by atoms with Crippen LogP contribution in [0, 0.1) is 0 Å². The largest absolute Gasteiger partial charge is 0.341 e. The second-order valence-corrected chi connectivity index (χ2v) is 6.03. The van der Waals surface area contributed by atoms with Crippen molar-refractivity contribution < 1.29 is 9.59 Å². The maximum absolute atomic E-state index is 12.4. The summed E-state index contributed by atoms with van der Waals surface area (Å²) in [7, 11) is 0. The van der Waals surface area contributed by atoms with E-state index in [2.05, 4.69) is 15.3 Å². The van der Waals surface area contributed by atoms with Crippen LogP contribution in [-0.4, -0.2) is 26.2 Å². The van der Waals surface area contributed by atoms with Crippen LogP contribution in [0.3, 0.4) is 0 Å². The van der Waals surface area contributed by atoms with Crippen molar-refractivity contribution in [2.75, 3.05) is 0 Å². The highest BCUT2D eigenvalue weighted by Crippen LogP contribution is 2.25. The Morgan fingerprint density at radius 2 is 1.80 bits per heavy atom. The fourth-order valence-corrected chi connectivity index (χ4v) is 2.79. The Kier molecular flexibility index (Phi) is 4.61. The van der Waals surface area contributed by atoms with Gasteiger partial charge in [0, 0.05) is 6.20 Å². The van der Waals surface area contributed by atoms with Gasteiger partial charge in [-0.15, -0.1) is 0 Å². The molecule has 0 bridgehead atoms. The Morgan fingerprint density at radius 1 is 1.08 bits per heavy atom. The normalized spacial score (nSPS) is 13.4. The summed E-state index contributed by atoms with van der Waals surface area (Å²) in [5.74, 6) is 0.406. The van der Waals surface area contributed by atoms with E-state index < -0.39 is 0 Å². The molecule has 6 heteroatoms. The summed E-state index contributed by atoms with van der Waals surface area (Å²) in [5.41, 5.74) is 2.01. The number of nitrogens with one attached hydrogen (secondary N) is 1. The first kappa shape index (κ1) is 16.8. The molecule has 0 fully saturated rings. The van der Waals surface area contributed by atoms with Gasteiger partial charge in [-0.25, -0.2) is 4.98 Å². The highest BCUT2D eigenvalue weighted by Gasteiger charge is 2.23. The molecule has 3 rings (SSSR count). The molecule has 2 unspecified atom stereocenters. The summed E-state index contributed by atoms with van der Waals surface area (Å²) in [6.45, 7) is 5.25. The SMILES string of the molecule is CC(=O)C(C)n1c(C(C)NC(=O)c2ccccn2)nc2ccccc21. The number of carbonyl (C=O) groups excluding carboxylic acids is 2. The van der Waals surface area contributed by atoms with Crippen molar-refractivity contribution in [1.82, 2.24) is 19.9 Å². The number of ketones is 1. The number of pyridine rings is 1. The fraction of sp³-hybridized carbons (Fsp3) is 0.263. The molecule has 2 aromatic heterocycles. The van der Waals surface area contributed by atoms with E-state index in [1.165, 1.54) is 0 Å². The van der Waals surface area contributed by atoms with Crippen molar-refractivity contribution in [1.29, 1.82) is 0 Å². The molecule has 0 spiro atoms. The van der Waals surface area contributed by atoms with Crippen LogP contribution in [0.25, 0.3) is 11.0 Å². The van der Waals surface area contributed by atoms with E-state index in [-0.39, 0.29) is 23.8 Å². The van der Waals surface area contributed by atoms with Gasteiger partial charge in [-0.3, -0.25) is 14.6 Å². The quantitative estimate of drug-likeness (QED) is 0.777. The third-order valence-corrected chi connectivity index (χ3v) is 4.23. The maximum Gasteiger partial charge on any atom is 0.270 e. The van der Waals surface area contributed by atoms with E-state index in [1.54, 1.807) is 31.3 Å². The Hall–Kier alpha value is -3.02. The molecule has 0 aliphatic carbocycles.